The monoisotopic (exact) mass is 170 g/mol. The summed E-state index contributed by atoms with van der Waals surface area (Å²) in [4.78, 5) is 22.2. The van der Waals surface area contributed by atoms with Crippen molar-refractivity contribution in [3.63, 3.8) is 0 Å². The van der Waals surface area contributed by atoms with E-state index in [-0.39, 0.29) is 17.5 Å². The second kappa shape index (κ2) is 3.81. The van der Waals surface area contributed by atoms with Crippen LogP contribution in [0.1, 0.15) is 32.6 Å². The van der Waals surface area contributed by atoms with Gasteiger partial charge in [0.2, 0.25) is 0 Å². The molecule has 1 fully saturated rings. The highest BCUT2D eigenvalue weighted by Crippen LogP contribution is 2.22. The lowest BCUT2D eigenvalue weighted by Gasteiger charge is -2.20. The van der Waals surface area contributed by atoms with Gasteiger partial charge in [-0.15, -0.1) is 0 Å². The molecule has 68 valence electrons. The Bertz CT molecular complexity index is 196. The second-order valence-electron chi connectivity index (χ2n) is 3.49. The summed E-state index contributed by atoms with van der Waals surface area (Å²) in [5, 5.41) is 9.05. The third kappa shape index (κ3) is 2.41. The molecule has 1 rings (SSSR count). The van der Waals surface area contributed by atoms with Gasteiger partial charge in [0, 0.05) is 25.2 Å². The molecule has 3 heteroatoms. The van der Waals surface area contributed by atoms with E-state index in [4.69, 9.17) is 5.11 Å². The Kier molecular flexibility index (Phi) is 2.98. The topological polar surface area (TPSA) is 54.4 Å². The first-order valence-corrected chi connectivity index (χ1v) is 4.32. The zero-order chi connectivity index (χ0) is 9.14. The van der Waals surface area contributed by atoms with Gasteiger partial charge in [-0.25, -0.2) is 0 Å². The van der Waals surface area contributed by atoms with Crippen LogP contribution in [0.4, 0.5) is 0 Å². The molecule has 0 aromatic carbocycles. The molecule has 2 unspecified atom stereocenters. The molecule has 0 aromatic rings. The molecule has 1 N–H and O–H groups in total. The number of aliphatic hydroxyl groups is 1. The molecule has 12 heavy (non-hydrogen) atoms. The molecule has 1 aliphatic rings. The van der Waals surface area contributed by atoms with E-state index < -0.39 is 6.10 Å². The van der Waals surface area contributed by atoms with E-state index in [1.54, 1.807) is 6.92 Å². The predicted octanol–water partition coefficient (Wildman–Crippen LogP) is 0.696. The standard InChI is InChI=1S/C9H14O3/c1-6(10)4-7-5-8(11)2-3-9(7)12/h6-7,10H,2-5H2,1H3. The number of hydrogen-bond donors (Lipinski definition) is 1. The lowest BCUT2D eigenvalue weighted by molar-refractivity contribution is -0.133. The molecular formula is C9H14O3. The molecule has 1 saturated carbocycles. The van der Waals surface area contributed by atoms with Crippen LogP contribution >= 0.6 is 0 Å². The summed E-state index contributed by atoms with van der Waals surface area (Å²) in [5.74, 6) is 0.0713. The van der Waals surface area contributed by atoms with Gasteiger partial charge < -0.3 is 5.11 Å². The van der Waals surface area contributed by atoms with Crippen LogP contribution in [0.15, 0.2) is 0 Å². The molecule has 0 aromatic heterocycles. The Morgan fingerprint density at radius 1 is 1.50 bits per heavy atom. The van der Waals surface area contributed by atoms with Crippen molar-refractivity contribution in [3.05, 3.63) is 0 Å². The lowest BCUT2D eigenvalue weighted by Crippen LogP contribution is -2.27. The first-order valence-electron chi connectivity index (χ1n) is 4.32. The Morgan fingerprint density at radius 2 is 2.17 bits per heavy atom. The third-order valence-electron chi connectivity index (χ3n) is 2.21. The zero-order valence-electron chi connectivity index (χ0n) is 7.25. The zero-order valence-corrected chi connectivity index (χ0v) is 7.25. The summed E-state index contributed by atoms with van der Waals surface area (Å²) in [7, 11) is 0. The number of carbonyl (C=O) groups is 2. The minimum atomic E-state index is -0.482. The highest BCUT2D eigenvalue weighted by Gasteiger charge is 2.27. The van der Waals surface area contributed by atoms with Crippen molar-refractivity contribution in [2.45, 2.75) is 38.7 Å². The Morgan fingerprint density at radius 3 is 2.75 bits per heavy atom. The van der Waals surface area contributed by atoms with Crippen molar-refractivity contribution in [3.8, 4) is 0 Å². The number of rotatable bonds is 2. The lowest BCUT2D eigenvalue weighted by atomic mass is 9.84. The van der Waals surface area contributed by atoms with Gasteiger partial charge in [-0.05, 0) is 13.3 Å². The van der Waals surface area contributed by atoms with Crippen LogP contribution < -0.4 is 0 Å². The van der Waals surface area contributed by atoms with Gasteiger partial charge in [-0.2, -0.15) is 0 Å². The maximum absolute atomic E-state index is 11.2. The van der Waals surface area contributed by atoms with Gasteiger partial charge in [-0.3, -0.25) is 9.59 Å². The van der Waals surface area contributed by atoms with Gasteiger partial charge >= 0.3 is 0 Å². The third-order valence-corrected chi connectivity index (χ3v) is 2.21. The largest absolute Gasteiger partial charge is 0.393 e. The molecule has 0 amide bonds. The molecule has 3 nitrogen and oxygen atoms in total. The molecule has 0 saturated heterocycles. The number of ketones is 2. The molecule has 1 aliphatic carbocycles. The van der Waals surface area contributed by atoms with Gasteiger partial charge in [0.15, 0.2) is 0 Å². The summed E-state index contributed by atoms with van der Waals surface area (Å²) in [6.07, 6.45) is 1.06. The van der Waals surface area contributed by atoms with Crippen LogP contribution in [0.5, 0.6) is 0 Å². The quantitative estimate of drug-likeness (QED) is 0.663. The van der Waals surface area contributed by atoms with Gasteiger partial charge in [-0.1, -0.05) is 0 Å². The highest BCUT2D eigenvalue weighted by atomic mass is 16.3. The van der Waals surface area contributed by atoms with Crippen molar-refractivity contribution >= 4 is 11.6 Å². The van der Waals surface area contributed by atoms with E-state index in [1.807, 2.05) is 0 Å². The normalized spacial score (nSPS) is 27.3. The first kappa shape index (κ1) is 9.39. The van der Waals surface area contributed by atoms with Gasteiger partial charge in [0.1, 0.15) is 11.6 Å². The van der Waals surface area contributed by atoms with Crippen LogP contribution in [0.2, 0.25) is 0 Å². The molecule has 0 bridgehead atoms. The number of Topliss-reactive ketones (excluding diaryl/α,β-unsaturated/α-hetero) is 2. The number of carbonyl (C=O) groups excluding carboxylic acids is 2. The van der Waals surface area contributed by atoms with Crippen molar-refractivity contribution in [2.75, 3.05) is 0 Å². The van der Waals surface area contributed by atoms with Gasteiger partial charge in [0.05, 0.1) is 6.10 Å². The minimum Gasteiger partial charge on any atom is -0.393 e. The van der Waals surface area contributed by atoms with Crippen LogP contribution in [-0.2, 0) is 9.59 Å². The minimum absolute atomic E-state index is 0.135. The fourth-order valence-corrected chi connectivity index (χ4v) is 1.58. The summed E-state index contributed by atoms with van der Waals surface area (Å²) >= 11 is 0. The van der Waals surface area contributed by atoms with Crippen LogP contribution in [0.3, 0.4) is 0 Å². The van der Waals surface area contributed by atoms with E-state index in [9.17, 15) is 9.59 Å². The molecule has 0 radical (unpaired) electrons. The van der Waals surface area contributed by atoms with E-state index in [2.05, 4.69) is 0 Å². The summed E-state index contributed by atoms with van der Waals surface area (Å²) < 4.78 is 0. The maximum atomic E-state index is 11.2. The Hall–Kier alpha value is -0.700. The summed E-state index contributed by atoms with van der Waals surface area (Å²) in [5.41, 5.74) is 0. The van der Waals surface area contributed by atoms with Crippen molar-refractivity contribution in [1.29, 1.82) is 0 Å². The molecule has 0 heterocycles. The van der Waals surface area contributed by atoms with E-state index in [1.165, 1.54) is 0 Å². The predicted molar refractivity (Wildman–Crippen MR) is 43.7 cm³/mol. The average molecular weight is 170 g/mol. The fourth-order valence-electron chi connectivity index (χ4n) is 1.58. The molecular weight excluding hydrogens is 156 g/mol. The second-order valence-corrected chi connectivity index (χ2v) is 3.49. The van der Waals surface area contributed by atoms with Crippen molar-refractivity contribution in [2.24, 2.45) is 5.92 Å². The smallest absolute Gasteiger partial charge is 0.136 e. The fraction of sp³-hybridized carbons (Fsp3) is 0.778. The van der Waals surface area contributed by atoms with Crippen molar-refractivity contribution in [1.82, 2.24) is 0 Å². The number of hydrogen-bond acceptors (Lipinski definition) is 3. The first-order chi connectivity index (χ1) is 5.59. The maximum Gasteiger partial charge on any atom is 0.136 e. The Labute approximate surface area is 71.8 Å². The Balaban J connectivity index is 2.49. The average Bonchev–Trinajstić information content (AvgIpc) is 1.96. The molecule has 0 spiro atoms. The van der Waals surface area contributed by atoms with E-state index in [0.29, 0.717) is 25.7 Å². The van der Waals surface area contributed by atoms with E-state index in [0.717, 1.165) is 0 Å². The van der Waals surface area contributed by atoms with Crippen LogP contribution in [0, 0.1) is 5.92 Å². The number of aliphatic hydroxyl groups excluding tert-OH is 1. The van der Waals surface area contributed by atoms with Gasteiger partial charge in [0.25, 0.3) is 0 Å². The molecule has 2 atom stereocenters. The molecule has 0 aliphatic heterocycles. The van der Waals surface area contributed by atoms with Crippen LogP contribution in [-0.4, -0.2) is 22.8 Å². The SMILES string of the molecule is CC(O)CC1CC(=O)CCC1=O. The summed E-state index contributed by atoms with van der Waals surface area (Å²) in [6, 6.07) is 0. The summed E-state index contributed by atoms with van der Waals surface area (Å²) in [6.45, 7) is 1.65. The van der Waals surface area contributed by atoms with Crippen LogP contribution in [0.25, 0.3) is 0 Å². The highest BCUT2D eigenvalue weighted by molar-refractivity contribution is 5.94. The van der Waals surface area contributed by atoms with Crippen molar-refractivity contribution < 1.29 is 14.7 Å². The van der Waals surface area contributed by atoms with E-state index >= 15 is 0 Å².